The molecule has 0 aliphatic rings. The van der Waals surface area contributed by atoms with E-state index in [0.29, 0.717) is 6.54 Å². The van der Waals surface area contributed by atoms with Crippen LogP contribution in [0.25, 0.3) is 0 Å². The van der Waals surface area contributed by atoms with E-state index in [-0.39, 0.29) is 19.3 Å². The Bertz CT molecular complexity index is 363. The predicted molar refractivity (Wildman–Crippen MR) is 152 cm³/mol. The smallest absolute Gasteiger partial charge is 0.0586 e. The maximum Gasteiger partial charge on any atom is 0.0586 e. The average Bonchev–Trinajstić information content (AvgIpc) is 2.85. The first-order chi connectivity index (χ1) is 16.8. The number of unbranched alkanes of at least 4 members (excludes halogenated alkanes) is 21. The van der Waals surface area contributed by atoms with Crippen LogP contribution in [0.3, 0.4) is 0 Å². The SMILES string of the molecule is CCCCCCCCCCCCCCCC(CO)N(CCO)CCCCCCCCCCCC. The molecule has 2 N–H and O–H groups in total. The summed E-state index contributed by atoms with van der Waals surface area (Å²) < 4.78 is 0. The van der Waals surface area contributed by atoms with Crippen molar-refractivity contribution in [3.05, 3.63) is 0 Å². The predicted octanol–water partition coefficient (Wildman–Crippen LogP) is 9.04. The third kappa shape index (κ3) is 23.6. The van der Waals surface area contributed by atoms with E-state index in [0.717, 1.165) is 13.0 Å². The van der Waals surface area contributed by atoms with Crippen molar-refractivity contribution < 1.29 is 10.2 Å². The highest BCUT2D eigenvalue weighted by Gasteiger charge is 2.16. The molecule has 0 aliphatic carbocycles. The summed E-state index contributed by atoms with van der Waals surface area (Å²) in [6.07, 6.45) is 32.6. The molecule has 1 unspecified atom stereocenters. The molecule has 0 fully saturated rings. The van der Waals surface area contributed by atoms with E-state index in [4.69, 9.17) is 0 Å². The van der Waals surface area contributed by atoms with Gasteiger partial charge in [0.15, 0.2) is 0 Å². The van der Waals surface area contributed by atoms with Crippen LogP contribution in [0.4, 0.5) is 0 Å². The zero-order valence-electron chi connectivity index (χ0n) is 23.7. The minimum Gasteiger partial charge on any atom is -0.395 e. The minimum absolute atomic E-state index is 0.201. The summed E-state index contributed by atoms with van der Waals surface area (Å²) in [6, 6.07) is 0.235. The average molecular weight is 484 g/mol. The molecule has 0 aromatic rings. The summed E-state index contributed by atoms with van der Waals surface area (Å²) in [6.45, 7) is 6.74. The van der Waals surface area contributed by atoms with Crippen molar-refractivity contribution in [1.29, 1.82) is 0 Å². The zero-order chi connectivity index (χ0) is 25.0. The van der Waals surface area contributed by atoms with E-state index in [1.165, 1.54) is 148 Å². The Morgan fingerprint density at radius 3 is 1.15 bits per heavy atom. The van der Waals surface area contributed by atoms with Gasteiger partial charge in [0, 0.05) is 12.6 Å². The molecular weight excluding hydrogens is 418 g/mol. The highest BCUT2D eigenvalue weighted by atomic mass is 16.3. The molecule has 206 valence electrons. The summed E-state index contributed by atoms with van der Waals surface area (Å²) in [5.41, 5.74) is 0. The first kappa shape index (κ1) is 33.9. The van der Waals surface area contributed by atoms with Gasteiger partial charge in [-0.25, -0.2) is 0 Å². The van der Waals surface area contributed by atoms with Gasteiger partial charge in [0.2, 0.25) is 0 Å². The third-order valence-corrected chi connectivity index (χ3v) is 7.55. The topological polar surface area (TPSA) is 43.7 Å². The second-order valence-corrected chi connectivity index (χ2v) is 10.8. The van der Waals surface area contributed by atoms with Crippen LogP contribution in [-0.2, 0) is 0 Å². The first-order valence-electron chi connectivity index (χ1n) is 15.8. The number of rotatable bonds is 29. The van der Waals surface area contributed by atoms with Gasteiger partial charge in [0.05, 0.1) is 13.2 Å². The van der Waals surface area contributed by atoms with Gasteiger partial charge < -0.3 is 10.2 Å². The molecule has 0 saturated carbocycles. The Kier molecular flexibility index (Phi) is 29.0. The lowest BCUT2D eigenvalue weighted by Gasteiger charge is -2.30. The summed E-state index contributed by atoms with van der Waals surface area (Å²) in [7, 11) is 0. The largest absolute Gasteiger partial charge is 0.395 e. The maximum atomic E-state index is 9.95. The molecule has 0 aromatic carbocycles. The molecule has 0 heterocycles. The fourth-order valence-electron chi connectivity index (χ4n) is 5.19. The van der Waals surface area contributed by atoms with Crippen LogP contribution >= 0.6 is 0 Å². The van der Waals surface area contributed by atoms with Gasteiger partial charge in [0.1, 0.15) is 0 Å². The Morgan fingerprint density at radius 1 is 0.441 bits per heavy atom. The van der Waals surface area contributed by atoms with Gasteiger partial charge in [-0.2, -0.15) is 0 Å². The van der Waals surface area contributed by atoms with Gasteiger partial charge in [-0.15, -0.1) is 0 Å². The Labute approximate surface area is 215 Å². The highest BCUT2D eigenvalue weighted by molar-refractivity contribution is 4.71. The molecule has 0 aliphatic heterocycles. The van der Waals surface area contributed by atoms with Gasteiger partial charge in [0.25, 0.3) is 0 Å². The van der Waals surface area contributed by atoms with Crippen molar-refractivity contribution in [3.63, 3.8) is 0 Å². The lowest BCUT2D eigenvalue weighted by molar-refractivity contribution is 0.0926. The van der Waals surface area contributed by atoms with Crippen molar-refractivity contribution in [1.82, 2.24) is 4.90 Å². The fourth-order valence-corrected chi connectivity index (χ4v) is 5.19. The van der Waals surface area contributed by atoms with E-state index in [1.54, 1.807) is 0 Å². The summed E-state index contributed by atoms with van der Waals surface area (Å²) in [4.78, 5) is 2.35. The van der Waals surface area contributed by atoms with Crippen molar-refractivity contribution in [3.8, 4) is 0 Å². The normalized spacial score (nSPS) is 12.6. The minimum atomic E-state index is 0.201. The highest BCUT2D eigenvalue weighted by Crippen LogP contribution is 2.16. The Hall–Kier alpha value is -0.120. The van der Waals surface area contributed by atoms with E-state index >= 15 is 0 Å². The van der Waals surface area contributed by atoms with Crippen LogP contribution in [-0.4, -0.2) is 47.5 Å². The van der Waals surface area contributed by atoms with Gasteiger partial charge in [-0.3, -0.25) is 4.90 Å². The molecule has 3 heteroatoms. The molecule has 0 bridgehead atoms. The number of hydrogen-bond donors (Lipinski definition) is 2. The molecule has 0 saturated heterocycles. The van der Waals surface area contributed by atoms with Crippen molar-refractivity contribution >= 4 is 0 Å². The van der Waals surface area contributed by atoms with E-state index in [2.05, 4.69) is 18.7 Å². The van der Waals surface area contributed by atoms with Crippen LogP contribution < -0.4 is 0 Å². The maximum absolute atomic E-state index is 9.95. The molecule has 0 amide bonds. The zero-order valence-corrected chi connectivity index (χ0v) is 23.7. The van der Waals surface area contributed by atoms with Crippen LogP contribution in [0.15, 0.2) is 0 Å². The van der Waals surface area contributed by atoms with E-state index in [9.17, 15) is 10.2 Å². The van der Waals surface area contributed by atoms with Gasteiger partial charge in [-0.1, -0.05) is 155 Å². The molecular formula is C31H65NO2. The number of nitrogens with zero attached hydrogens (tertiary/aromatic N) is 1. The lowest BCUT2D eigenvalue weighted by Crippen LogP contribution is -2.40. The number of hydrogen-bond acceptors (Lipinski definition) is 3. The van der Waals surface area contributed by atoms with Gasteiger partial charge in [-0.05, 0) is 19.4 Å². The second-order valence-electron chi connectivity index (χ2n) is 10.8. The fraction of sp³-hybridized carbons (Fsp3) is 1.00. The van der Waals surface area contributed by atoms with E-state index < -0.39 is 0 Å². The molecule has 0 spiro atoms. The second kappa shape index (κ2) is 29.1. The summed E-state index contributed by atoms with van der Waals surface area (Å²) in [5.74, 6) is 0. The Morgan fingerprint density at radius 2 is 0.794 bits per heavy atom. The summed E-state index contributed by atoms with van der Waals surface area (Å²) >= 11 is 0. The van der Waals surface area contributed by atoms with Crippen molar-refractivity contribution in [2.24, 2.45) is 0 Å². The van der Waals surface area contributed by atoms with Crippen molar-refractivity contribution in [2.45, 2.75) is 174 Å². The monoisotopic (exact) mass is 484 g/mol. The quantitative estimate of drug-likeness (QED) is 0.104. The molecule has 3 nitrogen and oxygen atoms in total. The number of aliphatic hydroxyl groups is 2. The van der Waals surface area contributed by atoms with Crippen LogP contribution in [0.5, 0.6) is 0 Å². The van der Waals surface area contributed by atoms with Crippen LogP contribution in [0.2, 0.25) is 0 Å². The standard InChI is InChI=1S/C31H65NO2/c1-3-5-7-9-11-13-15-16-17-18-20-22-24-26-31(30-34)32(28-29-33)27-25-23-21-19-14-12-10-8-6-4-2/h31,33-34H,3-30H2,1-2H3. The number of aliphatic hydroxyl groups excluding tert-OH is 2. The van der Waals surface area contributed by atoms with Crippen molar-refractivity contribution in [2.75, 3.05) is 26.3 Å². The molecule has 0 radical (unpaired) electrons. The van der Waals surface area contributed by atoms with Crippen LogP contribution in [0.1, 0.15) is 168 Å². The van der Waals surface area contributed by atoms with E-state index in [1.807, 2.05) is 0 Å². The first-order valence-corrected chi connectivity index (χ1v) is 15.8. The molecule has 1 atom stereocenters. The summed E-state index contributed by atoms with van der Waals surface area (Å²) in [5, 5.41) is 19.5. The molecule has 34 heavy (non-hydrogen) atoms. The third-order valence-electron chi connectivity index (χ3n) is 7.55. The van der Waals surface area contributed by atoms with Crippen LogP contribution in [0, 0.1) is 0 Å². The molecule has 0 aromatic heterocycles. The lowest BCUT2D eigenvalue weighted by atomic mass is 10.0. The van der Waals surface area contributed by atoms with Gasteiger partial charge >= 0.3 is 0 Å². The molecule has 0 rings (SSSR count). The Balaban J connectivity index is 3.69.